The van der Waals surface area contributed by atoms with Crippen molar-refractivity contribution in [2.45, 2.75) is 89.9 Å². The number of nitrogens with one attached hydrogen (secondary N) is 1. The number of carbonyl (C=O) groups excluding carboxylic acids is 1. The fraction of sp³-hybridized carbons (Fsp3) is 0.680. The lowest BCUT2D eigenvalue weighted by Crippen LogP contribution is -2.57. The number of nitrogens with zero attached hydrogens (tertiary/aromatic N) is 3. The molecule has 0 unspecified atom stereocenters. The maximum absolute atomic E-state index is 12.4. The molecule has 0 aromatic heterocycles. The molecule has 9 heteroatoms. The molecule has 1 aromatic rings. The molecule has 3 saturated heterocycles. The van der Waals surface area contributed by atoms with E-state index in [2.05, 4.69) is 35.3 Å². The first-order valence-corrected chi connectivity index (χ1v) is 15.4. The molecule has 2 atom stereocenters. The van der Waals surface area contributed by atoms with Crippen molar-refractivity contribution in [2.75, 3.05) is 19.6 Å². The zero-order valence-corrected chi connectivity index (χ0v) is 22.3. The van der Waals surface area contributed by atoms with E-state index in [1.54, 1.807) is 4.90 Å². The lowest BCUT2D eigenvalue weighted by molar-refractivity contribution is -0.0102. The Kier molecular flexibility index (Phi) is 7.66. The van der Waals surface area contributed by atoms with Crippen LogP contribution < -0.4 is 5.48 Å². The van der Waals surface area contributed by atoms with Gasteiger partial charge in [0, 0.05) is 25.7 Å². The number of fused-ring (bicyclic) bond motifs is 1. The highest BCUT2D eigenvalue weighted by molar-refractivity contribution is 6.71. The molecule has 3 heterocycles. The number of hydrogen-bond acceptors (Lipinski definition) is 7. The van der Waals surface area contributed by atoms with Crippen LogP contribution in [0.15, 0.2) is 35.3 Å². The minimum absolute atomic E-state index is 0.198. The van der Waals surface area contributed by atoms with Crippen LogP contribution in [0.3, 0.4) is 0 Å². The summed E-state index contributed by atoms with van der Waals surface area (Å²) < 4.78 is 14.6. The van der Waals surface area contributed by atoms with Gasteiger partial charge in [-0.05, 0) is 65.1 Å². The number of piperidine rings is 2. The molecule has 4 rings (SSSR count). The fourth-order valence-corrected chi connectivity index (χ4v) is 7.38. The number of carbonyl (C=O) groups is 1. The number of hydrogen-bond donors (Lipinski definition) is 1. The van der Waals surface area contributed by atoms with Gasteiger partial charge < -0.3 is 14.1 Å². The lowest BCUT2D eigenvalue weighted by Gasteiger charge is -2.37. The molecule has 0 spiro atoms. The van der Waals surface area contributed by atoms with E-state index in [4.69, 9.17) is 19.0 Å². The van der Waals surface area contributed by atoms with Gasteiger partial charge in [0.05, 0.1) is 18.7 Å². The molecular weight excluding hydrogens is 448 g/mol. The third-order valence-corrected chi connectivity index (χ3v) is 9.26. The third-order valence-electron chi connectivity index (χ3n) is 6.67. The van der Waals surface area contributed by atoms with Crippen LogP contribution >= 0.6 is 0 Å². The standard InChI is InChI=1S/C25H40N4O4Si/c1-25(2,3)32-24(30)28-15-13-20(14-16-28)26-23-22-12-11-21(17-29(22)34(4,5)33-23)27-31-18-19-9-7-6-8-10-19/h6-10,20-22,27H,11-18H2,1-5H3/b26-23-/t21-,22+/m1/s1. The molecule has 0 saturated carbocycles. The van der Waals surface area contributed by atoms with E-state index in [0.29, 0.717) is 19.7 Å². The van der Waals surface area contributed by atoms with Crippen LogP contribution in [-0.2, 0) is 20.6 Å². The van der Waals surface area contributed by atoms with Gasteiger partial charge in [0.2, 0.25) is 0 Å². The van der Waals surface area contributed by atoms with E-state index in [1.807, 2.05) is 39.0 Å². The number of benzene rings is 1. The van der Waals surface area contributed by atoms with Gasteiger partial charge in [-0.25, -0.2) is 4.79 Å². The predicted octanol–water partition coefficient (Wildman–Crippen LogP) is 4.07. The van der Waals surface area contributed by atoms with Gasteiger partial charge in [-0.2, -0.15) is 5.48 Å². The van der Waals surface area contributed by atoms with Gasteiger partial charge in [0.25, 0.3) is 0 Å². The second-order valence-corrected chi connectivity index (χ2v) is 14.7. The summed E-state index contributed by atoms with van der Waals surface area (Å²) in [5.41, 5.74) is 3.98. The van der Waals surface area contributed by atoms with Crippen molar-refractivity contribution in [1.82, 2.24) is 14.9 Å². The first-order valence-electron chi connectivity index (χ1n) is 12.5. The first kappa shape index (κ1) is 25.2. The molecule has 1 amide bonds. The molecule has 0 aliphatic carbocycles. The summed E-state index contributed by atoms with van der Waals surface area (Å²) in [7, 11) is -2.03. The zero-order chi connectivity index (χ0) is 24.3. The highest BCUT2D eigenvalue weighted by atomic mass is 28.4. The molecule has 8 nitrogen and oxygen atoms in total. The first-order chi connectivity index (χ1) is 16.1. The van der Waals surface area contributed by atoms with Crippen LogP contribution in [-0.4, -0.2) is 73.3 Å². The SMILES string of the molecule is CC(C)(C)OC(=O)N1CCC(/N=C2\O[Si](C)(C)N3C[C@H](NOCc4ccccc4)CC[C@@H]23)CC1. The predicted molar refractivity (Wildman–Crippen MR) is 135 cm³/mol. The fourth-order valence-electron chi connectivity index (χ4n) is 4.91. The van der Waals surface area contributed by atoms with Gasteiger partial charge in [-0.1, -0.05) is 30.3 Å². The Hall–Kier alpha value is -1.94. The maximum Gasteiger partial charge on any atom is 0.410 e. The number of aliphatic imine (C=N–C) groups is 1. The Morgan fingerprint density at radius 1 is 1.15 bits per heavy atom. The van der Waals surface area contributed by atoms with Crippen molar-refractivity contribution < 1.29 is 18.8 Å². The number of amides is 1. The van der Waals surface area contributed by atoms with Gasteiger partial charge in [-0.15, -0.1) is 0 Å². The highest BCUT2D eigenvalue weighted by Crippen LogP contribution is 2.33. The van der Waals surface area contributed by atoms with Crippen LogP contribution in [0, 0.1) is 0 Å². The minimum Gasteiger partial charge on any atom is -0.519 e. The van der Waals surface area contributed by atoms with E-state index in [1.165, 1.54) is 0 Å². The molecule has 3 aliphatic rings. The van der Waals surface area contributed by atoms with Crippen LogP contribution in [0.2, 0.25) is 13.1 Å². The molecule has 1 aromatic carbocycles. The summed E-state index contributed by atoms with van der Waals surface area (Å²) in [6, 6.07) is 11.0. The molecule has 0 radical (unpaired) electrons. The van der Waals surface area contributed by atoms with Gasteiger partial charge >= 0.3 is 14.6 Å². The monoisotopic (exact) mass is 488 g/mol. The van der Waals surface area contributed by atoms with Gasteiger partial charge in [0.1, 0.15) is 5.60 Å². The van der Waals surface area contributed by atoms with Crippen molar-refractivity contribution in [1.29, 1.82) is 0 Å². The Morgan fingerprint density at radius 2 is 1.85 bits per heavy atom. The molecule has 1 N–H and O–H groups in total. The van der Waals surface area contributed by atoms with Crippen LogP contribution in [0.25, 0.3) is 0 Å². The summed E-state index contributed by atoms with van der Waals surface area (Å²) in [5.74, 6) is 0.913. The second kappa shape index (κ2) is 10.4. The Bertz CT molecular complexity index is 865. The van der Waals surface area contributed by atoms with Crippen LogP contribution in [0.5, 0.6) is 0 Å². The van der Waals surface area contributed by atoms with E-state index in [-0.39, 0.29) is 24.2 Å². The quantitative estimate of drug-likeness (QED) is 0.497. The zero-order valence-electron chi connectivity index (χ0n) is 21.3. The molecule has 0 bridgehead atoms. The maximum atomic E-state index is 12.4. The molecule has 34 heavy (non-hydrogen) atoms. The van der Waals surface area contributed by atoms with E-state index >= 15 is 0 Å². The average molecular weight is 489 g/mol. The lowest BCUT2D eigenvalue weighted by atomic mass is 10.0. The summed E-state index contributed by atoms with van der Waals surface area (Å²) in [5, 5.41) is 0. The van der Waals surface area contributed by atoms with E-state index < -0.39 is 14.1 Å². The topological polar surface area (TPSA) is 75.6 Å². The average Bonchev–Trinajstić information content (AvgIpc) is 3.03. The molecule has 3 fully saturated rings. The van der Waals surface area contributed by atoms with Gasteiger partial charge in [0.15, 0.2) is 5.90 Å². The smallest absolute Gasteiger partial charge is 0.410 e. The molecular formula is C25H40N4O4Si. The van der Waals surface area contributed by atoms with Crippen LogP contribution in [0.4, 0.5) is 4.79 Å². The summed E-state index contributed by atoms with van der Waals surface area (Å²) in [4.78, 5) is 25.0. The largest absolute Gasteiger partial charge is 0.519 e. The normalized spacial score (nSPS) is 26.9. The van der Waals surface area contributed by atoms with Crippen molar-refractivity contribution >= 4 is 20.5 Å². The highest BCUT2D eigenvalue weighted by Gasteiger charge is 2.51. The molecule has 3 aliphatic heterocycles. The van der Waals surface area contributed by atoms with Crippen molar-refractivity contribution in [3.63, 3.8) is 0 Å². The number of ether oxygens (including phenoxy) is 1. The van der Waals surface area contributed by atoms with Crippen molar-refractivity contribution in [3.05, 3.63) is 35.9 Å². The van der Waals surface area contributed by atoms with E-state index in [0.717, 1.165) is 43.7 Å². The number of likely N-dealkylation sites (tertiary alicyclic amines) is 1. The Morgan fingerprint density at radius 3 is 2.53 bits per heavy atom. The number of hydroxylamine groups is 1. The van der Waals surface area contributed by atoms with Crippen molar-refractivity contribution in [3.8, 4) is 0 Å². The molecule has 188 valence electrons. The summed E-state index contributed by atoms with van der Waals surface area (Å²) >= 11 is 0. The Labute approximate surface area is 204 Å². The third kappa shape index (κ3) is 6.38. The summed E-state index contributed by atoms with van der Waals surface area (Å²) in [6.07, 6.45) is 3.50. The van der Waals surface area contributed by atoms with Crippen LogP contribution in [0.1, 0.15) is 52.0 Å². The second-order valence-electron chi connectivity index (χ2n) is 11.0. The Balaban J connectivity index is 1.29. The van der Waals surface area contributed by atoms with Gasteiger partial charge in [-0.3, -0.25) is 14.4 Å². The number of rotatable bonds is 5. The minimum atomic E-state index is -2.03. The van der Waals surface area contributed by atoms with E-state index in [9.17, 15) is 4.79 Å². The van der Waals surface area contributed by atoms with Crippen molar-refractivity contribution in [2.24, 2.45) is 4.99 Å². The summed E-state index contributed by atoms with van der Waals surface area (Å²) in [6.45, 7) is 13.0.